The molecule has 5 nitrogen and oxygen atoms in total. The highest BCUT2D eigenvalue weighted by Crippen LogP contribution is 2.31. The van der Waals surface area contributed by atoms with Gasteiger partial charge in [-0.05, 0) is 29.8 Å². The van der Waals surface area contributed by atoms with Crippen LogP contribution in [0.4, 0.5) is 11.4 Å². The van der Waals surface area contributed by atoms with Crippen molar-refractivity contribution in [1.82, 2.24) is 4.57 Å². The van der Waals surface area contributed by atoms with E-state index in [9.17, 15) is 5.11 Å². The fraction of sp³-hybridized carbons (Fsp3) is 0.286. The Morgan fingerprint density at radius 1 is 1.32 bits per heavy atom. The summed E-state index contributed by atoms with van der Waals surface area (Å²) in [5, 5.41) is 18.6. The summed E-state index contributed by atoms with van der Waals surface area (Å²) in [6.45, 7) is -0.295. The van der Waals surface area contributed by atoms with Crippen LogP contribution in [0.5, 0.6) is 0 Å². The Hall–Kier alpha value is -1.98. The van der Waals surface area contributed by atoms with Crippen LogP contribution in [0.3, 0.4) is 0 Å². The third kappa shape index (κ3) is 2.72. The Bertz CT molecular complexity index is 578. The van der Waals surface area contributed by atoms with E-state index in [0.29, 0.717) is 17.8 Å². The van der Waals surface area contributed by atoms with E-state index in [4.69, 9.17) is 16.6 Å². The van der Waals surface area contributed by atoms with Crippen LogP contribution in [0.25, 0.3) is 11.3 Å². The van der Waals surface area contributed by atoms with Gasteiger partial charge in [-0.2, -0.15) is 0 Å². The first-order valence-corrected chi connectivity index (χ1v) is 6.11. The molecule has 0 saturated carbocycles. The van der Waals surface area contributed by atoms with Gasteiger partial charge in [0.1, 0.15) is 0 Å². The van der Waals surface area contributed by atoms with Gasteiger partial charge in [-0.15, -0.1) is 0 Å². The zero-order chi connectivity index (χ0) is 14.0. The maximum atomic E-state index is 9.65. The molecular weight excluding hydrogens is 242 g/mol. The van der Waals surface area contributed by atoms with Crippen LogP contribution in [0.1, 0.15) is 5.56 Å². The molecule has 0 spiro atoms. The molecule has 1 heterocycles. The van der Waals surface area contributed by atoms with Crippen LogP contribution in [-0.2, 0) is 13.5 Å². The topological polar surface area (TPSA) is 97.4 Å². The zero-order valence-electron chi connectivity index (χ0n) is 10.9. The third-order valence-corrected chi connectivity index (χ3v) is 3.18. The average molecular weight is 261 g/mol. The molecule has 1 atom stereocenters. The van der Waals surface area contributed by atoms with Crippen molar-refractivity contribution in [1.29, 1.82) is 0 Å². The van der Waals surface area contributed by atoms with Crippen LogP contribution >= 0.6 is 0 Å². The van der Waals surface area contributed by atoms with Crippen molar-refractivity contribution in [2.24, 2.45) is 7.05 Å². The van der Waals surface area contributed by atoms with Gasteiger partial charge in [0.05, 0.1) is 12.7 Å². The standard InChI is InChI=1S/C14H19N3O2/c1-17-4-2-3-14(17)12-5-9(15)6-13(16)11(12)7-10(19)8-18/h2-6,10,18-19H,7-8,15-16H2,1H3. The summed E-state index contributed by atoms with van der Waals surface area (Å²) in [5.74, 6) is 0. The lowest BCUT2D eigenvalue weighted by Crippen LogP contribution is -2.17. The lowest BCUT2D eigenvalue weighted by Gasteiger charge is -2.16. The Labute approximate surface area is 112 Å². The molecule has 0 aliphatic heterocycles. The van der Waals surface area contributed by atoms with Crippen molar-refractivity contribution < 1.29 is 10.2 Å². The van der Waals surface area contributed by atoms with Gasteiger partial charge in [0.15, 0.2) is 0 Å². The van der Waals surface area contributed by atoms with Gasteiger partial charge >= 0.3 is 0 Å². The van der Waals surface area contributed by atoms with Crippen LogP contribution in [0.2, 0.25) is 0 Å². The Morgan fingerprint density at radius 2 is 2.05 bits per heavy atom. The summed E-state index contributed by atoms with van der Waals surface area (Å²) in [7, 11) is 1.93. The second-order valence-corrected chi connectivity index (χ2v) is 4.68. The Kier molecular flexibility index (Phi) is 3.78. The predicted molar refractivity (Wildman–Crippen MR) is 76.5 cm³/mol. The second kappa shape index (κ2) is 5.34. The van der Waals surface area contributed by atoms with Gasteiger partial charge in [0.25, 0.3) is 0 Å². The van der Waals surface area contributed by atoms with E-state index in [2.05, 4.69) is 0 Å². The number of aliphatic hydroxyl groups is 2. The van der Waals surface area contributed by atoms with Gasteiger partial charge in [0.2, 0.25) is 0 Å². The van der Waals surface area contributed by atoms with Gasteiger partial charge < -0.3 is 26.2 Å². The van der Waals surface area contributed by atoms with E-state index < -0.39 is 6.10 Å². The van der Waals surface area contributed by atoms with Crippen LogP contribution in [-0.4, -0.2) is 27.5 Å². The van der Waals surface area contributed by atoms with Crippen LogP contribution in [0, 0.1) is 0 Å². The first-order chi connectivity index (χ1) is 9.02. The number of aromatic nitrogens is 1. The number of aliphatic hydroxyl groups excluding tert-OH is 2. The maximum absolute atomic E-state index is 9.65. The minimum atomic E-state index is -0.829. The third-order valence-electron chi connectivity index (χ3n) is 3.18. The van der Waals surface area contributed by atoms with Gasteiger partial charge in [-0.3, -0.25) is 0 Å². The van der Waals surface area contributed by atoms with Gasteiger partial charge in [0, 0.05) is 42.3 Å². The number of nitrogens with zero attached hydrogens (tertiary/aromatic N) is 1. The summed E-state index contributed by atoms with van der Waals surface area (Å²) in [6.07, 6.45) is 1.40. The van der Waals surface area contributed by atoms with Crippen molar-refractivity contribution in [3.05, 3.63) is 36.0 Å². The quantitative estimate of drug-likeness (QED) is 0.611. The summed E-state index contributed by atoms with van der Waals surface area (Å²) >= 11 is 0. The molecule has 5 heteroatoms. The fourth-order valence-corrected chi connectivity index (χ4v) is 2.22. The molecule has 0 saturated heterocycles. The molecule has 0 amide bonds. The normalized spacial score (nSPS) is 12.6. The number of anilines is 2. The molecule has 1 aromatic carbocycles. The lowest BCUT2D eigenvalue weighted by atomic mass is 9.96. The number of rotatable bonds is 4. The number of aryl methyl sites for hydroxylation is 1. The average Bonchev–Trinajstić information content (AvgIpc) is 2.78. The summed E-state index contributed by atoms with van der Waals surface area (Å²) in [5.41, 5.74) is 15.6. The molecule has 0 aliphatic rings. The molecule has 6 N–H and O–H groups in total. The maximum Gasteiger partial charge on any atom is 0.0812 e. The monoisotopic (exact) mass is 261 g/mol. The van der Waals surface area contributed by atoms with E-state index in [-0.39, 0.29) is 6.61 Å². The van der Waals surface area contributed by atoms with E-state index in [0.717, 1.165) is 16.8 Å². The highest BCUT2D eigenvalue weighted by atomic mass is 16.3. The smallest absolute Gasteiger partial charge is 0.0812 e. The van der Waals surface area contributed by atoms with Crippen molar-refractivity contribution in [2.75, 3.05) is 18.1 Å². The van der Waals surface area contributed by atoms with Crippen molar-refractivity contribution in [3.8, 4) is 11.3 Å². The molecule has 0 radical (unpaired) electrons. The minimum absolute atomic E-state index is 0.295. The molecule has 2 rings (SSSR count). The molecule has 102 valence electrons. The highest BCUT2D eigenvalue weighted by molar-refractivity contribution is 5.76. The molecule has 0 aliphatic carbocycles. The first-order valence-electron chi connectivity index (χ1n) is 6.11. The largest absolute Gasteiger partial charge is 0.399 e. The van der Waals surface area contributed by atoms with Crippen LogP contribution in [0.15, 0.2) is 30.5 Å². The summed E-state index contributed by atoms with van der Waals surface area (Å²) < 4.78 is 1.96. The number of nitrogens with two attached hydrogens (primary N) is 2. The molecule has 2 aromatic rings. The van der Waals surface area contributed by atoms with E-state index in [1.807, 2.05) is 36.0 Å². The number of hydrogen-bond acceptors (Lipinski definition) is 4. The molecule has 19 heavy (non-hydrogen) atoms. The summed E-state index contributed by atoms with van der Waals surface area (Å²) in [4.78, 5) is 0. The molecule has 0 fully saturated rings. The molecular formula is C14H19N3O2. The van der Waals surface area contributed by atoms with Crippen molar-refractivity contribution >= 4 is 11.4 Å². The van der Waals surface area contributed by atoms with Crippen molar-refractivity contribution in [3.63, 3.8) is 0 Å². The number of benzene rings is 1. The van der Waals surface area contributed by atoms with E-state index in [1.54, 1.807) is 6.07 Å². The number of nitrogen functional groups attached to an aromatic ring is 2. The Balaban J connectivity index is 2.55. The second-order valence-electron chi connectivity index (χ2n) is 4.68. The van der Waals surface area contributed by atoms with Crippen molar-refractivity contribution in [2.45, 2.75) is 12.5 Å². The van der Waals surface area contributed by atoms with Gasteiger partial charge in [-0.25, -0.2) is 0 Å². The molecule has 0 bridgehead atoms. The summed E-state index contributed by atoms with van der Waals surface area (Å²) in [6, 6.07) is 7.40. The Morgan fingerprint density at radius 3 is 2.63 bits per heavy atom. The van der Waals surface area contributed by atoms with E-state index in [1.165, 1.54) is 0 Å². The fourth-order valence-electron chi connectivity index (χ4n) is 2.22. The zero-order valence-corrected chi connectivity index (χ0v) is 10.9. The first kappa shape index (κ1) is 13.5. The van der Waals surface area contributed by atoms with Gasteiger partial charge in [-0.1, -0.05) is 0 Å². The lowest BCUT2D eigenvalue weighted by molar-refractivity contribution is 0.0957. The SMILES string of the molecule is Cn1cccc1-c1cc(N)cc(N)c1CC(O)CO. The molecule has 1 aromatic heterocycles. The highest BCUT2D eigenvalue weighted by Gasteiger charge is 2.15. The predicted octanol–water partition coefficient (Wildman–Crippen LogP) is 0.752. The van der Waals surface area contributed by atoms with Crippen LogP contribution < -0.4 is 11.5 Å². The molecule has 1 unspecified atom stereocenters. The minimum Gasteiger partial charge on any atom is -0.399 e. The van der Waals surface area contributed by atoms with E-state index >= 15 is 0 Å². The number of hydrogen-bond donors (Lipinski definition) is 4.